The molecule has 2 aromatic rings. The first kappa shape index (κ1) is 35.7. The molecule has 4 heterocycles. The second kappa shape index (κ2) is 15.8. The van der Waals surface area contributed by atoms with Crippen molar-refractivity contribution >= 4 is 58.8 Å². The predicted octanol–water partition coefficient (Wildman–Crippen LogP) is 2.47. The Morgan fingerprint density at radius 2 is 1.96 bits per heavy atom. The fourth-order valence-corrected chi connectivity index (χ4v) is 8.20. The van der Waals surface area contributed by atoms with Crippen molar-refractivity contribution in [2.24, 2.45) is 5.92 Å². The molecule has 0 radical (unpaired) electrons. The molecule has 2 aromatic heterocycles. The maximum Gasteiger partial charge on any atom is 0.280 e. The molecular formula is C28H45N8O8PS2. The zero-order valence-corrected chi connectivity index (χ0v) is 29.9. The van der Waals surface area contributed by atoms with E-state index in [1.54, 1.807) is 24.8 Å². The Kier molecular flexibility index (Phi) is 12.0. The van der Waals surface area contributed by atoms with Crippen LogP contribution in [-0.2, 0) is 33.3 Å². The van der Waals surface area contributed by atoms with E-state index in [0.717, 1.165) is 0 Å². The molecule has 4 rings (SSSR count). The number of fused-ring (bicyclic) bond motifs is 1. The Bertz CT molecular complexity index is 1600. The van der Waals surface area contributed by atoms with Crippen molar-refractivity contribution in [1.82, 2.24) is 34.6 Å². The van der Waals surface area contributed by atoms with E-state index in [0.29, 0.717) is 6.54 Å². The number of hydroxylamine groups is 1. The molecule has 47 heavy (non-hydrogen) atoms. The number of nitrogens with zero attached hydrogens (tertiary/aromatic N) is 5. The van der Waals surface area contributed by atoms with E-state index in [1.165, 1.54) is 10.9 Å². The minimum atomic E-state index is -3.19. The van der Waals surface area contributed by atoms with Gasteiger partial charge in [-0.15, -0.1) is 6.58 Å². The van der Waals surface area contributed by atoms with Crippen molar-refractivity contribution in [3.8, 4) is 0 Å². The van der Waals surface area contributed by atoms with Crippen LogP contribution in [0.4, 0.5) is 5.95 Å². The largest absolute Gasteiger partial charge is 0.460 e. The van der Waals surface area contributed by atoms with Crippen LogP contribution < -0.4 is 16.4 Å². The molecule has 5 atom stereocenters. The molecule has 2 saturated heterocycles. The summed E-state index contributed by atoms with van der Waals surface area (Å²) >= 11 is 5.69. The Morgan fingerprint density at radius 1 is 1.28 bits per heavy atom. The van der Waals surface area contributed by atoms with Crippen LogP contribution in [0, 0.1) is 5.92 Å². The van der Waals surface area contributed by atoms with Crippen molar-refractivity contribution in [3.05, 3.63) is 29.3 Å². The molecular weight excluding hydrogens is 671 g/mol. The molecule has 0 aromatic carbocycles. The number of aromatic amines is 1. The van der Waals surface area contributed by atoms with Crippen LogP contribution in [0.1, 0.15) is 56.0 Å². The molecule has 19 heteroatoms. The Hall–Kier alpha value is -2.57. The molecule has 1 amide bonds. The Balaban J connectivity index is 1.77. The molecule has 0 spiro atoms. The zero-order chi connectivity index (χ0) is 35.3. The summed E-state index contributed by atoms with van der Waals surface area (Å²) in [5.41, 5.74) is 2.36. The maximum atomic E-state index is 13.0. The molecule has 2 aliphatic rings. The number of aromatic nitrogens is 4. The van der Waals surface area contributed by atoms with Gasteiger partial charge in [-0.25, -0.2) is 22.7 Å². The van der Waals surface area contributed by atoms with Gasteiger partial charge in [0.05, 0.1) is 23.9 Å². The van der Waals surface area contributed by atoms with E-state index in [-0.39, 0.29) is 77.7 Å². The minimum Gasteiger partial charge on any atom is -0.460 e. The fourth-order valence-electron chi connectivity index (χ4n) is 5.06. The number of thiocarbonyl (C=S) groups is 1. The van der Waals surface area contributed by atoms with Gasteiger partial charge in [-0.1, -0.05) is 19.9 Å². The van der Waals surface area contributed by atoms with E-state index in [2.05, 4.69) is 32.3 Å². The van der Waals surface area contributed by atoms with Gasteiger partial charge in [0.2, 0.25) is 11.9 Å². The third-order valence-electron chi connectivity index (χ3n) is 7.43. The number of anilines is 1. The zero-order valence-electron chi connectivity index (χ0n) is 28.4. The summed E-state index contributed by atoms with van der Waals surface area (Å²) < 4.78 is 61.8. The third kappa shape index (κ3) is 8.92. The number of imidazole rings is 1. The van der Waals surface area contributed by atoms with Crippen LogP contribution in [0.25, 0.3) is 11.2 Å². The van der Waals surface area contributed by atoms with Crippen molar-refractivity contribution in [3.63, 3.8) is 0 Å². The smallest absolute Gasteiger partial charge is 0.280 e. The van der Waals surface area contributed by atoms with Gasteiger partial charge in [-0.05, 0) is 46.8 Å². The second-order valence-corrected chi connectivity index (χ2v) is 16.0. The highest BCUT2D eigenvalue weighted by atomic mass is 32.2. The van der Waals surface area contributed by atoms with Crippen LogP contribution >= 0.6 is 20.7 Å². The van der Waals surface area contributed by atoms with Gasteiger partial charge in [0.25, 0.3) is 19.3 Å². The molecule has 2 aliphatic heterocycles. The molecule has 0 saturated carbocycles. The number of sulfone groups is 1. The molecule has 0 aliphatic carbocycles. The molecule has 3 N–H and O–H groups in total. The van der Waals surface area contributed by atoms with Crippen LogP contribution in [0.15, 0.2) is 23.8 Å². The predicted molar refractivity (Wildman–Crippen MR) is 182 cm³/mol. The number of amides is 1. The average molecular weight is 718 g/mol. The standard InChI is InChI=1S/C28H45N8O8PS2/c1-9-10-30-44-45(36(17(4)5)18(6)7)43-21-19(8)41-26(22(21)42-28(46)34-11-13-47(39,40)14-12-34)35-15-29-20-23(35)31-27(33-25(20)38)32-24(37)16(2)3/h9,15-19,21-22,26,30H,1,10-14H2,2-8H3,(H2,31,32,33,37,38)/t19-,21+,22?,26-,45?/m1/s1/i8D. The molecule has 16 nitrogen and oxygen atoms in total. The van der Waals surface area contributed by atoms with E-state index < -0.39 is 48.5 Å². The number of carbonyl (C=O) groups excluding carboxylic acids is 1. The highest BCUT2D eigenvalue weighted by Crippen LogP contribution is 2.50. The lowest BCUT2D eigenvalue weighted by molar-refractivity contribution is -0.118. The van der Waals surface area contributed by atoms with E-state index in [4.69, 9.17) is 32.2 Å². The molecule has 2 fully saturated rings. The maximum absolute atomic E-state index is 13.0. The first-order chi connectivity index (χ1) is 22.7. The summed E-state index contributed by atoms with van der Waals surface area (Å²) in [6, 6.07) is -0.00381. The van der Waals surface area contributed by atoms with Crippen molar-refractivity contribution in [2.45, 2.75) is 85.1 Å². The average Bonchev–Trinajstić information content (AvgIpc) is 3.57. The number of hydrogen-bond donors (Lipinski definition) is 3. The van der Waals surface area contributed by atoms with E-state index in [9.17, 15) is 18.0 Å². The lowest BCUT2D eigenvalue weighted by Crippen LogP contribution is -2.47. The fraction of sp³-hybridized carbons (Fsp3) is 0.679. The first-order valence-electron chi connectivity index (χ1n) is 16.0. The van der Waals surface area contributed by atoms with Gasteiger partial charge in [0.15, 0.2) is 33.3 Å². The van der Waals surface area contributed by atoms with Gasteiger partial charge in [-0.3, -0.25) is 24.5 Å². The highest BCUT2D eigenvalue weighted by Gasteiger charge is 2.50. The quantitative estimate of drug-likeness (QED) is 0.0904. The summed E-state index contributed by atoms with van der Waals surface area (Å²) in [5, 5.41) is 2.63. The van der Waals surface area contributed by atoms with Gasteiger partial charge in [-0.2, -0.15) is 10.5 Å². The monoisotopic (exact) mass is 717 g/mol. The van der Waals surface area contributed by atoms with Crippen LogP contribution in [0.2, 0.25) is 0 Å². The number of nitrogens with one attached hydrogen (secondary N) is 3. The number of rotatable bonds is 13. The number of carbonyl (C=O) groups is 1. The number of ether oxygens (including phenoxy) is 2. The lowest BCUT2D eigenvalue weighted by Gasteiger charge is -2.38. The topological polar surface area (TPSA) is 182 Å². The van der Waals surface area contributed by atoms with Gasteiger partial charge in [0.1, 0.15) is 6.10 Å². The summed E-state index contributed by atoms with van der Waals surface area (Å²) in [7, 11) is -5.02. The van der Waals surface area contributed by atoms with Crippen LogP contribution in [-0.4, -0.2) is 110 Å². The SMILES string of the molecule is [2H]C[C@H]1O[C@@H](n2cnc3c(=O)[nH]c(NC(=O)C(C)C)nc32)C(OC(=S)N2CCS(=O)(=O)CC2)[C@H]1OP(ONCC=C)N(C(C)C)C(C)C. The molecule has 0 bridgehead atoms. The minimum absolute atomic E-state index is 0.00190. The number of hydrogen-bond acceptors (Lipinski definition) is 13. The van der Waals surface area contributed by atoms with Gasteiger partial charge >= 0.3 is 0 Å². The van der Waals surface area contributed by atoms with Crippen LogP contribution in [0.5, 0.6) is 0 Å². The van der Waals surface area contributed by atoms with Gasteiger partial charge in [0, 0.05) is 39.0 Å². The van der Waals surface area contributed by atoms with Crippen LogP contribution in [0.3, 0.4) is 0 Å². The normalized spacial score (nSPS) is 23.9. The first-order valence-corrected chi connectivity index (χ1v) is 18.7. The molecule has 2 unspecified atom stereocenters. The van der Waals surface area contributed by atoms with E-state index >= 15 is 0 Å². The molecule has 262 valence electrons. The number of H-pyrrole nitrogens is 1. The van der Waals surface area contributed by atoms with E-state index in [1.807, 2.05) is 32.4 Å². The van der Waals surface area contributed by atoms with Crippen molar-refractivity contribution in [2.75, 3.05) is 36.5 Å². The highest BCUT2D eigenvalue weighted by molar-refractivity contribution is 7.91. The van der Waals surface area contributed by atoms with Gasteiger partial charge < -0.3 is 18.9 Å². The van der Waals surface area contributed by atoms with Crippen molar-refractivity contribution in [1.29, 1.82) is 0 Å². The summed E-state index contributed by atoms with van der Waals surface area (Å²) in [4.78, 5) is 38.3. The summed E-state index contributed by atoms with van der Waals surface area (Å²) in [5.74, 6) is -0.953. The Labute approximate surface area is 282 Å². The van der Waals surface area contributed by atoms with Crippen molar-refractivity contribution < 1.29 is 33.2 Å². The lowest BCUT2D eigenvalue weighted by atomic mass is 10.1. The third-order valence-corrected chi connectivity index (χ3v) is 11.4. The second-order valence-electron chi connectivity index (χ2n) is 12.0. The summed E-state index contributed by atoms with van der Waals surface area (Å²) in [6.45, 7) is 15.6. The Morgan fingerprint density at radius 3 is 2.55 bits per heavy atom. The summed E-state index contributed by atoms with van der Waals surface area (Å²) in [6.07, 6.45) is -0.888.